The third-order valence-corrected chi connectivity index (χ3v) is 3.10. The first kappa shape index (κ1) is 12.0. The Labute approximate surface area is 89.8 Å². The summed E-state index contributed by atoms with van der Waals surface area (Å²) in [6.07, 6.45) is 1.24. The van der Waals surface area contributed by atoms with Crippen molar-refractivity contribution < 1.29 is 9.59 Å². The lowest BCUT2D eigenvalue weighted by Crippen LogP contribution is -2.52. The van der Waals surface area contributed by atoms with Gasteiger partial charge in [0.15, 0.2) is 0 Å². The Bertz CT molecular complexity index is 276. The fourth-order valence-corrected chi connectivity index (χ4v) is 1.69. The summed E-state index contributed by atoms with van der Waals surface area (Å²) in [5, 5.41) is 0. The zero-order valence-corrected chi connectivity index (χ0v) is 9.32. The number of hydrogen-bond donors (Lipinski definition) is 2. The number of hydrogen-bond acceptors (Lipinski definition) is 3. The van der Waals surface area contributed by atoms with Crippen LogP contribution in [0.2, 0.25) is 0 Å². The average molecular weight is 213 g/mol. The Morgan fingerprint density at radius 2 is 2.13 bits per heavy atom. The number of primary amides is 1. The fourth-order valence-electron chi connectivity index (χ4n) is 1.69. The molecule has 4 N–H and O–H groups in total. The van der Waals surface area contributed by atoms with Gasteiger partial charge in [0.05, 0.1) is 11.5 Å². The fraction of sp³-hybridized carbons (Fsp3) is 0.800. The van der Waals surface area contributed by atoms with Gasteiger partial charge in [0.1, 0.15) is 0 Å². The second kappa shape index (κ2) is 4.18. The maximum Gasteiger partial charge on any atom is 0.242 e. The Morgan fingerprint density at radius 3 is 2.53 bits per heavy atom. The van der Waals surface area contributed by atoms with Crippen LogP contribution in [0.1, 0.15) is 26.7 Å². The lowest BCUT2D eigenvalue weighted by Gasteiger charge is -2.27. The summed E-state index contributed by atoms with van der Waals surface area (Å²) < 4.78 is 0. The molecule has 0 aromatic carbocycles. The van der Waals surface area contributed by atoms with Crippen LogP contribution in [0, 0.1) is 5.92 Å². The van der Waals surface area contributed by atoms with Gasteiger partial charge in [-0.05, 0) is 19.8 Å². The van der Waals surface area contributed by atoms with Crippen LogP contribution in [0.5, 0.6) is 0 Å². The molecule has 1 heterocycles. The van der Waals surface area contributed by atoms with E-state index in [9.17, 15) is 9.59 Å². The molecular weight excluding hydrogens is 194 g/mol. The quantitative estimate of drug-likeness (QED) is 0.659. The van der Waals surface area contributed by atoms with E-state index in [1.807, 2.05) is 6.92 Å². The summed E-state index contributed by atoms with van der Waals surface area (Å²) in [7, 11) is 0. The third kappa shape index (κ3) is 2.47. The number of likely N-dealkylation sites (tertiary alicyclic amines) is 1. The molecule has 1 fully saturated rings. The summed E-state index contributed by atoms with van der Waals surface area (Å²) in [5.41, 5.74) is 10.2. The lowest BCUT2D eigenvalue weighted by atomic mass is 9.99. The van der Waals surface area contributed by atoms with Gasteiger partial charge in [-0.1, -0.05) is 6.92 Å². The molecule has 0 bridgehead atoms. The van der Waals surface area contributed by atoms with Gasteiger partial charge >= 0.3 is 0 Å². The molecule has 0 aliphatic carbocycles. The molecule has 0 spiro atoms. The van der Waals surface area contributed by atoms with E-state index < -0.39 is 5.54 Å². The maximum absolute atomic E-state index is 11.9. The number of carbonyl (C=O) groups excluding carboxylic acids is 2. The standard InChI is InChI=1S/C10H19N3O2/c1-3-10(2,12)9(15)13-5-4-7(6-13)8(11)14/h7H,3-6,12H2,1-2H3,(H2,11,14). The minimum absolute atomic E-state index is 0.0891. The van der Waals surface area contributed by atoms with Crippen molar-refractivity contribution in [2.24, 2.45) is 17.4 Å². The van der Waals surface area contributed by atoms with Gasteiger partial charge in [0.2, 0.25) is 11.8 Å². The Kier molecular flexibility index (Phi) is 3.34. The van der Waals surface area contributed by atoms with E-state index in [1.54, 1.807) is 11.8 Å². The molecule has 0 aromatic rings. The van der Waals surface area contributed by atoms with Crippen molar-refractivity contribution >= 4 is 11.8 Å². The van der Waals surface area contributed by atoms with E-state index >= 15 is 0 Å². The summed E-state index contributed by atoms with van der Waals surface area (Å²) >= 11 is 0. The van der Waals surface area contributed by atoms with Crippen LogP contribution < -0.4 is 11.5 Å². The SMILES string of the molecule is CCC(C)(N)C(=O)N1CCC(C(N)=O)C1. The van der Waals surface area contributed by atoms with Gasteiger partial charge in [-0.25, -0.2) is 0 Å². The molecule has 0 aromatic heterocycles. The minimum Gasteiger partial charge on any atom is -0.369 e. The minimum atomic E-state index is -0.827. The molecule has 1 aliphatic rings. The summed E-state index contributed by atoms with van der Waals surface area (Å²) in [5.74, 6) is -0.629. The molecule has 5 heteroatoms. The van der Waals surface area contributed by atoms with Crippen molar-refractivity contribution in [3.8, 4) is 0 Å². The molecule has 86 valence electrons. The molecule has 1 aliphatic heterocycles. The van der Waals surface area contributed by atoms with E-state index in [2.05, 4.69) is 0 Å². The Morgan fingerprint density at radius 1 is 1.53 bits per heavy atom. The van der Waals surface area contributed by atoms with Crippen LogP contribution >= 0.6 is 0 Å². The van der Waals surface area contributed by atoms with Crippen molar-refractivity contribution in [1.29, 1.82) is 0 Å². The highest BCUT2D eigenvalue weighted by molar-refractivity contribution is 5.87. The highest BCUT2D eigenvalue weighted by Gasteiger charge is 2.36. The second-order valence-corrected chi connectivity index (χ2v) is 4.41. The normalized spacial score (nSPS) is 25.0. The van der Waals surface area contributed by atoms with E-state index in [0.29, 0.717) is 25.9 Å². The molecule has 0 radical (unpaired) electrons. The number of rotatable bonds is 3. The molecule has 2 unspecified atom stereocenters. The van der Waals surface area contributed by atoms with Crippen molar-refractivity contribution in [3.63, 3.8) is 0 Å². The van der Waals surface area contributed by atoms with Crippen LogP contribution in [-0.4, -0.2) is 35.3 Å². The van der Waals surface area contributed by atoms with Crippen molar-refractivity contribution in [2.75, 3.05) is 13.1 Å². The van der Waals surface area contributed by atoms with Crippen LogP contribution in [0.4, 0.5) is 0 Å². The van der Waals surface area contributed by atoms with Crippen LogP contribution in [-0.2, 0) is 9.59 Å². The first-order valence-electron chi connectivity index (χ1n) is 5.26. The number of nitrogens with zero attached hydrogens (tertiary/aromatic N) is 1. The predicted octanol–water partition coefficient (Wildman–Crippen LogP) is -0.552. The second-order valence-electron chi connectivity index (χ2n) is 4.41. The topological polar surface area (TPSA) is 89.4 Å². The van der Waals surface area contributed by atoms with Gasteiger partial charge in [-0.2, -0.15) is 0 Å². The highest BCUT2D eigenvalue weighted by Crippen LogP contribution is 2.19. The monoisotopic (exact) mass is 213 g/mol. The smallest absolute Gasteiger partial charge is 0.242 e. The lowest BCUT2D eigenvalue weighted by molar-refractivity contribution is -0.135. The summed E-state index contributed by atoms with van der Waals surface area (Å²) in [4.78, 5) is 24.5. The van der Waals surface area contributed by atoms with E-state index in [1.165, 1.54) is 0 Å². The van der Waals surface area contributed by atoms with Gasteiger partial charge in [0.25, 0.3) is 0 Å². The molecule has 2 amide bonds. The zero-order valence-electron chi connectivity index (χ0n) is 9.32. The number of amides is 2. The van der Waals surface area contributed by atoms with Crippen LogP contribution in [0.3, 0.4) is 0 Å². The van der Waals surface area contributed by atoms with Gasteiger partial charge in [-0.15, -0.1) is 0 Å². The summed E-state index contributed by atoms with van der Waals surface area (Å²) in [6.45, 7) is 4.59. The zero-order chi connectivity index (χ0) is 11.6. The first-order valence-corrected chi connectivity index (χ1v) is 5.26. The first-order chi connectivity index (χ1) is 6.88. The summed E-state index contributed by atoms with van der Waals surface area (Å²) in [6, 6.07) is 0. The Balaban J connectivity index is 2.61. The molecule has 15 heavy (non-hydrogen) atoms. The molecule has 2 atom stereocenters. The number of nitrogens with two attached hydrogens (primary N) is 2. The van der Waals surface area contributed by atoms with Gasteiger partial charge in [-0.3, -0.25) is 9.59 Å². The molecular formula is C10H19N3O2. The maximum atomic E-state index is 11.9. The van der Waals surface area contributed by atoms with Crippen LogP contribution in [0.15, 0.2) is 0 Å². The molecule has 0 saturated carbocycles. The number of carbonyl (C=O) groups is 2. The largest absolute Gasteiger partial charge is 0.369 e. The van der Waals surface area contributed by atoms with E-state index in [-0.39, 0.29) is 17.7 Å². The van der Waals surface area contributed by atoms with E-state index in [0.717, 1.165) is 0 Å². The third-order valence-electron chi connectivity index (χ3n) is 3.10. The van der Waals surface area contributed by atoms with Crippen LogP contribution in [0.25, 0.3) is 0 Å². The highest BCUT2D eigenvalue weighted by atomic mass is 16.2. The molecule has 1 rings (SSSR count). The Hall–Kier alpha value is -1.10. The van der Waals surface area contributed by atoms with Crippen molar-refractivity contribution in [1.82, 2.24) is 4.90 Å². The van der Waals surface area contributed by atoms with Crippen molar-refractivity contribution in [2.45, 2.75) is 32.2 Å². The predicted molar refractivity (Wildman–Crippen MR) is 56.8 cm³/mol. The van der Waals surface area contributed by atoms with Gasteiger partial charge in [0, 0.05) is 13.1 Å². The molecule has 1 saturated heterocycles. The average Bonchev–Trinajstić information content (AvgIpc) is 2.65. The van der Waals surface area contributed by atoms with E-state index in [4.69, 9.17) is 11.5 Å². The molecule has 5 nitrogen and oxygen atoms in total. The van der Waals surface area contributed by atoms with Gasteiger partial charge < -0.3 is 16.4 Å². The van der Waals surface area contributed by atoms with Crippen molar-refractivity contribution in [3.05, 3.63) is 0 Å².